The summed E-state index contributed by atoms with van der Waals surface area (Å²) in [6.45, 7) is 5.29. The van der Waals surface area contributed by atoms with Crippen LogP contribution in [0.5, 0.6) is 0 Å². The molecule has 0 fully saturated rings. The molecule has 112 valence electrons. The Bertz CT molecular complexity index is 844. The molecule has 1 unspecified atom stereocenters. The second-order valence-electron chi connectivity index (χ2n) is 5.25. The van der Waals surface area contributed by atoms with Crippen molar-refractivity contribution in [2.45, 2.75) is 26.8 Å². The van der Waals surface area contributed by atoms with E-state index in [0.717, 1.165) is 16.7 Å². The zero-order chi connectivity index (χ0) is 16.4. The van der Waals surface area contributed by atoms with Crippen molar-refractivity contribution in [3.05, 3.63) is 57.4 Å². The van der Waals surface area contributed by atoms with Gasteiger partial charge < -0.3 is 5.11 Å². The van der Waals surface area contributed by atoms with E-state index in [4.69, 9.17) is 5.26 Å². The molecule has 0 aliphatic heterocycles. The molecule has 0 aliphatic rings. The van der Waals surface area contributed by atoms with Gasteiger partial charge in [0.1, 0.15) is 17.7 Å². The van der Waals surface area contributed by atoms with Crippen molar-refractivity contribution in [2.75, 3.05) is 0 Å². The summed E-state index contributed by atoms with van der Waals surface area (Å²) >= 11 is 0. The smallest absolute Gasteiger partial charge is 0.326 e. The summed E-state index contributed by atoms with van der Waals surface area (Å²) in [5.74, 6) is -1.12. The predicted molar refractivity (Wildman–Crippen MR) is 82.7 cm³/mol. The summed E-state index contributed by atoms with van der Waals surface area (Å²) in [4.78, 5) is 23.7. The van der Waals surface area contributed by atoms with Crippen LogP contribution >= 0.6 is 0 Å². The van der Waals surface area contributed by atoms with Crippen LogP contribution < -0.4 is 5.56 Å². The summed E-state index contributed by atoms with van der Waals surface area (Å²) in [6.07, 6.45) is 0. The third-order valence-electron chi connectivity index (χ3n) is 3.64. The molecule has 22 heavy (non-hydrogen) atoms. The van der Waals surface area contributed by atoms with Gasteiger partial charge in [-0.15, -0.1) is 0 Å². The number of carbonyl (C=O) groups is 1. The highest BCUT2D eigenvalue weighted by Gasteiger charge is 2.21. The van der Waals surface area contributed by atoms with Crippen LogP contribution in [0.1, 0.15) is 29.7 Å². The number of hydrogen-bond donors (Lipinski definition) is 1. The Morgan fingerprint density at radius 1 is 1.27 bits per heavy atom. The molecule has 2 aromatic rings. The van der Waals surface area contributed by atoms with Gasteiger partial charge >= 0.3 is 5.97 Å². The van der Waals surface area contributed by atoms with Crippen LogP contribution in [0.4, 0.5) is 0 Å². The maximum Gasteiger partial charge on any atom is 0.326 e. The van der Waals surface area contributed by atoms with Gasteiger partial charge in [-0.1, -0.05) is 23.8 Å². The number of nitriles is 1. The van der Waals surface area contributed by atoms with E-state index in [1.807, 2.05) is 32.0 Å². The fraction of sp³-hybridized carbons (Fsp3) is 0.235. The SMILES string of the molecule is Cc1ccc(-c2ccc(C#N)c(=O)n2C(C)C(=O)O)c(C)c1. The third kappa shape index (κ3) is 2.63. The molecule has 1 aromatic heterocycles. The van der Waals surface area contributed by atoms with E-state index in [9.17, 15) is 14.7 Å². The van der Waals surface area contributed by atoms with Gasteiger partial charge in [0, 0.05) is 5.56 Å². The van der Waals surface area contributed by atoms with E-state index in [-0.39, 0.29) is 5.56 Å². The fourth-order valence-corrected chi connectivity index (χ4v) is 2.45. The minimum atomic E-state index is -1.12. The van der Waals surface area contributed by atoms with Gasteiger partial charge in [0.05, 0.1) is 5.69 Å². The summed E-state index contributed by atoms with van der Waals surface area (Å²) in [5.41, 5.74) is 2.64. The molecule has 5 nitrogen and oxygen atoms in total. The summed E-state index contributed by atoms with van der Waals surface area (Å²) < 4.78 is 1.17. The van der Waals surface area contributed by atoms with Crippen LogP contribution in [0.2, 0.25) is 0 Å². The first-order valence-electron chi connectivity index (χ1n) is 6.83. The Morgan fingerprint density at radius 3 is 2.50 bits per heavy atom. The summed E-state index contributed by atoms with van der Waals surface area (Å²) in [5, 5.41) is 18.3. The second kappa shape index (κ2) is 5.86. The monoisotopic (exact) mass is 296 g/mol. The summed E-state index contributed by atoms with van der Waals surface area (Å²) in [7, 11) is 0. The van der Waals surface area contributed by atoms with Crippen molar-refractivity contribution in [2.24, 2.45) is 0 Å². The van der Waals surface area contributed by atoms with Crippen molar-refractivity contribution in [1.29, 1.82) is 5.26 Å². The van der Waals surface area contributed by atoms with Crippen molar-refractivity contribution < 1.29 is 9.90 Å². The molecule has 1 aromatic carbocycles. The van der Waals surface area contributed by atoms with Crippen LogP contribution in [0.25, 0.3) is 11.3 Å². The Morgan fingerprint density at radius 2 is 1.95 bits per heavy atom. The number of pyridine rings is 1. The van der Waals surface area contributed by atoms with Gasteiger partial charge in [0.2, 0.25) is 0 Å². The van der Waals surface area contributed by atoms with Crippen LogP contribution in [0.3, 0.4) is 0 Å². The van der Waals surface area contributed by atoms with E-state index >= 15 is 0 Å². The van der Waals surface area contributed by atoms with Crippen LogP contribution in [-0.4, -0.2) is 15.6 Å². The second-order valence-corrected chi connectivity index (χ2v) is 5.25. The summed E-state index contributed by atoms with van der Waals surface area (Å²) in [6, 6.07) is 9.53. The first-order valence-corrected chi connectivity index (χ1v) is 6.83. The maximum absolute atomic E-state index is 12.4. The molecule has 0 spiro atoms. The zero-order valence-electron chi connectivity index (χ0n) is 12.6. The van der Waals surface area contributed by atoms with Crippen LogP contribution in [-0.2, 0) is 4.79 Å². The molecular weight excluding hydrogens is 280 g/mol. The first-order chi connectivity index (χ1) is 10.4. The van der Waals surface area contributed by atoms with E-state index in [0.29, 0.717) is 5.69 Å². The maximum atomic E-state index is 12.4. The lowest BCUT2D eigenvalue weighted by atomic mass is 10.0. The molecule has 2 rings (SSSR count). The van der Waals surface area contributed by atoms with Gasteiger partial charge in [0.25, 0.3) is 5.56 Å². The Hall–Kier alpha value is -2.87. The van der Waals surface area contributed by atoms with Crippen molar-refractivity contribution in [1.82, 2.24) is 4.57 Å². The van der Waals surface area contributed by atoms with Crippen LogP contribution in [0.15, 0.2) is 35.1 Å². The number of aryl methyl sites for hydroxylation is 2. The highest BCUT2D eigenvalue weighted by Crippen LogP contribution is 2.25. The van der Waals surface area contributed by atoms with E-state index in [1.54, 1.807) is 12.1 Å². The topological polar surface area (TPSA) is 83.1 Å². The molecule has 1 atom stereocenters. The lowest BCUT2D eigenvalue weighted by Gasteiger charge is -2.18. The average molecular weight is 296 g/mol. The lowest BCUT2D eigenvalue weighted by molar-refractivity contribution is -0.140. The number of rotatable bonds is 3. The molecule has 0 saturated heterocycles. The Kier molecular flexibility index (Phi) is 4.13. The average Bonchev–Trinajstić information content (AvgIpc) is 2.46. The Labute approximate surface area is 128 Å². The fourth-order valence-electron chi connectivity index (χ4n) is 2.45. The lowest BCUT2D eigenvalue weighted by Crippen LogP contribution is -2.30. The number of hydrogen-bond acceptors (Lipinski definition) is 3. The first kappa shape index (κ1) is 15.5. The van der Waals surface area contributed by atoms with Gasteiger partial charge in [-0.2, -0.15) is 5.26 Å². The Balaban J connectivity index is 2.82. The van der Waals surface area contributed by atoms with Crippen molar-refractivity contribution in [3.63, 3.8) is 0 Å². The van der Waals surface area contributed by atoms with E-state index in [2.05, 4.69) is 0 Å². The minimum absolute atomic E-state index is 0.0679. The van der Waals surface area contributed by atoms with E-state index < -0.39 is 17.6 Å². The van der Waals surface area contributed by atoms with Gasteiger partial charge in [-0.3, -0.25) is 9.36 Å². The number of aromatic nitrogens is 1. The molecule has 0 bridgehead atoms. The molecule has 1 N–H and O–H groups in total. The number of aliphatic carboxylic acids is 1. The molecule has 5 heteroatoms. The van der Waals surface area contributed by atoms with Crippen LogP contribution in [0, 0.1) is 25.2 Å². The number of benzene rings is 1. The van der Waals surface area contributed by atoms with Crippen molar-refractivity contribution in [3.8, 4) is 17.3 Å². The molecule has 0 radical (unpaired) electrons. The third-order valence-corrected chi connectivity index (χ3v) is 3.64. The molecular formula is C17H16N2O3. The zero-order valence-corrected chi connectivity index (χ0v) is 12.6. The highest BCUT2D eigenvalue weighted by atomic mass is 16.4. The highest BCUT2D eigenvalue weighted by molar-refractivity contribution is 5.74. The molecule has 0 saturated carbocycles. The normalized spacial score (nSPS) is 11.7. The van der Waals surface area contributed by atoms with Crippen molar-refractivity contribution >= 4 is 5.97 Å². The van der Waals surface area contributed by atoms with Gasteiger partial charge in [-0.25, -0.2) is 4.79 Å². The number of carboxylic acid groups (broad SMARTS) is 1. The molecule has 0 amide bonds. The quantitative estimate of drug-likeness (QED) is 0.943. The minimum Gasteiger partial charge on any atom is -0.480 e. The molecule has 0 aliphatic carbocycles. The standard InChI is InChI=1S/C17H16N2O3/c1-10-4-6-14(11(2)8-10)15-7-5-13(9-18)16(20)19(15)12(3)17(21)22/h4-8,12H,1-3H3,(H,21,22). The largest absolute Gasteiger partial charge is 0.480 e. The number of carboxylic acids is 1. The molecule has 1 heterocycles. The number of nitrogens with zero attached hydrogens (tertiary/aromatic N) is 2. The predicted octanol–water partition coefficient (Wildman–Crippen LogP) is 2.65. The van der Waals surface area contributed by atoms with Gasteiger partial charge in [-0.05, 0) is 38.5 Å². The van der Waals surface area contributed by atoms with E-state index in [1.165, 1.54) is 17.6 Å². The van der Waals surface area contributed by atoms with Gasteiger partial charge in [0.15, 0.2) is 0 Å².